The van der Waals surface area contributed by atoms with E-state index in [2.05, 4.69) is 0 Å². The van der Waals surface area contributed by atoms with Gasteiger partial charge in [-0.3, -0.25) is 0 Å². The molecule has 1 saturated carbocycles. The lowest BCUT2D eigenvalue weighted by Crippen LogP contribution is -2.29. The molecule has 0 unspecified atom stereocenters. The van der Waals surface area contributed by atoms with Gasteiger partial charge >= 0.3 is 0 Å². The van der Waals surface area contributed by atoms with E-state index in [1.165, 1.54) is 19.2 Å². The Hall–Kier alpha value is -0.800. The molecule has 17 heavy (non-hydrogen) atoms. The van der Waals surface area contributed by atoms with E-state index in [0.29, 0.717) is 17.9 Å². The van der Waals surface area contributed by atoms with Crippen LogP contribution in [0.3, 0.4) is 0 Å². The molecule has 2 nitrogen and oxygen atoms in total. The maximum Gasteiger partial charge on any atom is 0.171 e. The van der Waals surface area contributed by atoms with E-state index in [9.17, 15) is 9.50 Å². The van der Waals surface area contributed by atoms with Crippen molar-refractivity contribution >= 4 is 11.6 Å². The molecular weight excluding hydrogens is 243 g/mol. The third-order valence-electron chi connectivity index (χ3n) is 3.41. The van der Waals surface area contributed by atoms with Crippen molar-refractivity contribution in [2.75, 3.05) is 7.11 Å². The number of aliphatic hydroxyl groups is 1. The molecule has 0 spiro atoms. The second-order valence-corrected chi connectivity index (χ2v) is 5.00. The van der Waals surface area contributed by atoms with Crippen LogP contribution in [-0.2, 0) is 5.60 Å². The predicted octanol–water partition coefficient (Wildman–Crippen LogP) is 3.64. The summed E-state index contributed by atoms with van der Waals surface area (Å²) in [6.07, 6.45) is 4.05. The standard InChI is InChI=1S/C13H16ClFO2/c1-17-11-8-9(14)7-10(12(11)15)13(16)5-3-2-4-6-13/h7-8,16H,2-6H2,1H3. The van der Waals surface area contributed by atoms with Crippen LogP contribution in [0.1, 0.15) is 37.7 Å². The highest BCUT2D eigenvalue weighted by Crippen LogP contribution is 2.41. The zero-order valence-corrected chi connectivity index (χ0v) is 10.6. The molecule has 0 radical (unpaired) electrons. The van der Waals surface area contributed by atoms with Gasteiger partial charge in [0.2, 0.25) is 0 Å². The molecule has 2 rings (SSSR count). The molecule has 0 aromatic heterocycles. The quantitative estimate of drug-likeness (QED) is 0.878. The third-order valence-corrected chi connectivity index (χ3v) is 3.62. The minimum absolute atomic E-state index is 0.0894. The molecular formula is C13H16ClFO2. The van der Waals surface area contributed by atoms with E-state index >= 15 is 0 Å². The Bertz CT molecular complexity index is 414. The van der Waals surface area contributed by atoms with Gasteiger partial charge in [-0.1, -0.05) is 30.9 Å². The number of ether oxygens (including phenoxy) is 1. The molecule has 0 aliphatic heterocycles. The molecule has 4 heteroatoms. The number of halogens is 2. The van der Waals surface area contributed by atoms with Gasteiger partial charge in [-0.05, 0) is 18.9 Å². The highest BCUT2D eigenvalue weighted by atomic mass is 35.5. The van der Waals surface area contributed by atoms with Gasteiger partial charge in [0.05, 0.1) is 12.7 Å². The summed E-state index contributed by atoms with van der Waals surface area (Å²) in [4.78, 5) is 0. The van der Waals surface area contributed by atoms with Crippen molar-refractivity contribution in [2.45, 2.75) is 37.7 Å². The van der Waals surface area contributed by atoms with Crippen LogP contribution in [0, 0.1) is 5.82 Å². The minimum Gasteiger partial charge on any atom is -0.494 e. The first-order chi connectivity index (χ1) is 8.07. The van der Waals surface area contributed by atoms with Gasteiger partial charge in [0.25, 0.3) is 0 Å². The lowest BCUT2D eigenvalue weighted by atomic mass is 9.79. The lowest BCUT2D eigenvalue weighted by Gasteiger charge is -2.33. The lowest BCUT2D eigenvalue weighted by molar-refractivity contribution is -0.00407. The van der Waals surface area contributed by atoms with Gasteiger partial charge in [0.15, 0.2) is 11.6 Å². The molecule has 1 aromatic rings. The van der Waals surface area contributed by atoms with Crippen molar-refractivity contribution < 1.29 is 14.2 Å². The number of methoxy groups -OCH3 is 1. The van der Waals surface area contributed by atoms with Gasteiger partial charge in [0.1, 0.15) is 0 Å². The molecule has 1 aliphatic rings. The molecule has 0 saturated heterocycles. The second-order valence-electron chi connectivity index (χ2n) is 4.56. The summed E-state index contributed by atoms with van der Waals surface area (Å²) in [5, 5.41) is 10.9. The van der Waals surface area contributed by atoms with Crippen molar-refractivity contribution in [2.24, 2.45) is 0 Å². The van der Waals surface area contributed by atoms with Gasteiger partial charge < -0.3 is 9.84 Å². The Kier molecular flexibility index (Phi) is 3.59. The van der Waals surface area contributed by atoms with Gasteiger partial charge in [-0.25, -0.2) is 4.39 Å². The summed E-state index contributed by atoms with van der Waals surface area (Å²) < 4.78 is 19.1. The Balaban J connectivity index is 2.46. The van der Waals surface area contributed by atoms with Crippen molar-refractivity contribution in [1.29, 1.82) is 0 Å². The van der Waals surface area contributed by atoms with E-state index in [4.69, 9.17) is 16.3 Å². The van der Waals surface area contributed by atoms with Crippen LogP contribution in [0.5, 0.6) is 5.75 Å². The van der Waals surface area contributed by atoms with E-state index in [1.54, 1.807) is 0 Å². The summed E-state index contributed by atoms with van der Waals surface area (Å²) in [5.74, 6) is -0.409. The highest BCUT2D eigenvalue weighted by Gasteiger charge is 2.35. The monoisotopic (exact) mass is 258 g/mol. The predicted molar refractivity (Wildman–Crippen MR) is 64.9 cm³/mol. The van der Waals surface area contributed by atoms with Crippen LogP contribution in [-0.4, -0.2) is 12.2 Å². The molecule has 1 aromatic carbocycles. The summed E-state index contributed by atoms with van der Waals surface area (Å²) in [6.45, 7) is 0. The molecule has 0 amide bonds. The maximum absolute atomic E-state index is 14.1. The summed E-state index contributed by atoms with van der Waals surface area (Å²) in [7, 11) is 1.39. The summed E-state index contributed by atoms with van der Waals surface area (Å²) in [6, 6.07) is 2.93. The molecule has 0 heterocycles. The first-order valence-electron chi connectivity index (χ1n) is 5.83. The largest absolute Gasteiger partial charge is 0.494 e. The average Bonchev–Trinajstić information content (AvgIpc) is 2.32. The molecule has 94 valence electrons. The number of hydrogen-bond acceptors (Lipinski definition) is 2. The third kappa shape index (κ3) is 2.40. The van der Waals surface area contributed by atoms with Crippen molar-refractivity contribution in [1.82, 2.24) is 0 Å². The first-order valence-corrected chi connectivity index (χ1v) is 6.20. The van der Waals surface area contributed by atoms with E-state index in [0.717, 1.165) is 19.3 Å². The zero-order valence-electron chi connectivity index (χ0n) is 9.80. The van der Waals surface area contributed by atoms with Crippen LogP contribution >= 0.6 is 11.6 Å². The van der Waals surface area contributed by atoms with Gasteiger partial charge in [-0.2, -0.15) is 0 Å². The highest BCUT2D eigenvalue weighted by molar-refractivity contribution is 6.30. The fourth-order valence-corrected chi connectivity index (χ4v) is 2.67. The van der Waals surface area contributed by atoms with E-state index in [-0.39, 0.29) is 11.3 Å². The molecule has 1 aliphatic carbocycles. The Labute approximate surface area is 105 Å². The first kappa shape index (κ1) is 12.7. The molecule has 1 N–H and O–H groups in total. The number of benzene rings is 1. The van der Waals surface area contributed by atoms with Gasteiger partial charge in [0, 0.05) is 16.7 Å². The topological polar surface area (TPSA) is 29.5 Å². The summed E-state index contributed by atoms with van der Waals surface area (Å²) in [5.41, 5.74) is -0.831. The molecule has 0 atom stereocenters. The van der Waals surface area contributed by atoms with Crippen molar-refractivity contribution in [3.8, 4) is 5.75 Å². The van der Waals surface area contributed by atoms with Gasteiger partial charge in [-0.15, -0.1) is 0 Å². The van der Waals surface area contributed by atoms with Crippen molar-refractivity contribution in [3.63, 3.8) is 0 Å². The van der Waals surface area contributed by atoms with Crippen LogP contribution in [0.2, 0.25) is 5.02 Å². The Morgan fingerprint density at radius 2 is 1.94 bits per heavy atom. The Morgan fingerprint density at radius 1 is 1.29 bits per heavy atom. The fourth-order valence-electron chi connectivity index (χ4n) is 2.46. The van der Waals surface area contributed by atoms with Crippen LogP contribution < -0.4 is 4.74 Å². The fraction of sp³-hybridized carbons (Fsp3) is 0.538. The zero-order chi connectivity index (χ0) is 12.5. The second kappa shape index (κ2) is 4.83. The van der Waals surface area contributed by atoms with Crippen LogP contribution in [0.25, 0.3) is 0 Å². The van der Waals surface area contributed by atoms with Crippen LogP contribution in [0.15, 0.2) is 12.1 Å². The number of rotatable bonds is 2. The minimum atomic E-state index is -1.10. The number of hydrogen-bond donors (Lipinski definition) is 1. The molecule has 0 bridgehead atoms. The van der Waals surface area contributed by atoms with E-state index < -0.39 is 11.4 Å². The average molecular weight is 259 g/mol. The summed E-state index contributed by atoms with van der Waals surface area (Å²) >= 11 is 5.92. The van der Waals surface area contributed by atoms with Crippen LogP contribution in [0.4, 0.5) is 4.39 Å². The SMILES string of the molecule is COc1cc(Cl)cc(C2(O)CCCCC2)c1F. The van der Waals surface area contributed by atoms with E-state index in [1.807, 2.05) is 0 Å². The molecule has 1 fully saturated rings. The normalized spacial score (nSPS) is 19.1. The van der Waals surface area contributed by atoms with Crippen molar-refractivity contribution in [3.05, 3.63) is 28.5 Å². The smallest absolute Gasteiger partial charge is 0.171 e. The Morgan fingerprint density at radius 3 is 2.53 bits per heavy atom. The maximum atomic E-state index is 14.1.